The van der Waals surface area contributed by atoms with E-state index in [0.717, 1.165) is 5.69 Å². The van der Waals surface area contributed by atoms with Crippen molar-refractivity contribution in [1.29, 1.82) is 0 Å². The summed E-state index contributed by atoms with van der Waals surface area (Å²) < 4.78 is 5.27. The summed E-state index contributed by atoms with van der Waals surface area (Å²) in [6.45, 7) is 6.11. The smallest absolute Gasteiger partial charge is 0.272 e. The molecular formula is C20H22N4O3. The largest absolute Gasteiger partial charge is 0.496 e. The molecule has 1 aromatic carbocycles. The second kappa shape index (κ2) is 7.11. The number of hydrogen-bond donors (Lipinski definition) is 3. The van der Waals surface area contributed by atoms with E-state index < -0.39 is 11.1 Å². The van der Waals surface area contributed by atoms with Gasteiger partial charge in [-0.15, -0.1) is 0 Å². The molecule has 3 aromatic rings. The molecular weight excluding hydrogens is 344 g/mol. The first-order valence-electron chi connectivity index (χ1n) is 8.52. The lowest BCUT2D eigenvalue weighted by atomic mass is 9.90. The minimum Gasteiger partial charge on any atom is -0.496 e. The quantitative estimate of drug-likeness (QED) is 0.636. The molecule has 2 aromatic heterocycles. The van der Waals surface area contributed by atoms with Crippen LogP contribution in [0.1, 0.15) is 37.7 Å². The van der Waals surface area contributed by atoms with Gasteiger partial charge in [0.2, 0.25) is 0 Å². The number of ether oxygens (including phenoxy) is 1. The number of H-pyrrole nitrogens is 3. The highest BCUT2D eigenvalue weighted by atomic mass is 16.5. The Balaban J connectivity index is 2.15. The number of para-hydroxylation sites is 1. The van der Waals surface area contributed by atoms with E-state index in [-0.39, 0.29) is 16.1 Å². The van der Waals surface area contributed by atoms with Gasteiger partial charge in [-0.25, -0.2) is 4.98 Å². The van der Waals surface area contributed by atoms with E-state index in [4.69, 9.17) is 4.74 Å². The maximum absolute atomic E-state index is 12.5. The van der Waals surface area contributed by atoms with Crippen LogP contribution in [0.3, 0.4) is 0 Å². The van der Waals surface area contributed by atoms with Crippen molar-refractivity contribution < 1.29 is 4.74 Å². The summed E-state index contributed by atoms with van der Waals surface area (Å²) in [4.78, 5) is 37.6. The lowest BCUT2D eigenvalue weighted by molar-refractivity contribution is 0.414. The summed E-state index contributed by atoms with van der Waals surface area (Å²) in [6, 6.07) is 7.24. The number of aromatic amines is 3. The molecule has 0 aliphatic heterocycles. The van der Waals surface area contributed by atoms with Gasteiger partial charge in [-0.2, -0.15) is 0 Å². The Hall–Kier alpha value is -3.35. The van der Waals surface area contributed by atoms with Crippen LogP contribution in [-0.4, -0.2) is 27.0 Å². The molecule has 2 heterocycles. The summed E-state index contributed by atoms with van der Waals surface area (Å²) in [5, 5.41) is 0.300. The fraction of sp³-hybridized carbons (Fsp3) is 0.250. The zero-order valence-corrected chi connectivity index (χ0v) is 15.7. The fourth-order valence-electron chi connectivity index (χ4n) is 2.79. The highest BCUT2D eigenvalue weighted by Gasteiger charge is 2.19. The highest BCUT2D eigenvalue weighted by Crippen LogP contribution is 2.22. The Morgan fingerprint density at radius 2 is 1.63 bits per heavy atom. The average molecular weight is 366 g/mol. The molecule has 0 bridgehead atoms. The molecule has 0 radical (unpaired) electrons. The molecule has 0 aliphatic carbocycles. The van der Waals surface area contributed by atoms with Crippen molar-refractivity contribution in [2.45, 2.75) is 26.2 Å². The van der Waals surface area contributed by atoms with Crippen LogP contribution in [0.15, 0.2) is 40.2 Å². The molecule has 3 rings (SSSR count). The van der Waals surface area contributed by atoms with Gasteiger partial charge in [0.15, 0.2) is 0 Å². The summed E-state index contributed by atoms with van der Waals surface area (Å²) in [5.74, 6) is 0.611. The Morgan fingerprint density at radius 3 is 2.26 bits per heavy atom. The Bertz CT molecular complexity index is 1190. The molecule has 140 valence electrons. The van der Waals surface area contributed by atoms with Gasteiger partial charge >= 0.3 is 0 Å². The molecule has 0 atom stereocenters. The molecule has 7 heteroatoms. The van der Waals surface area contributed by atoms with Gasteiger partial charge in [0, 0.05) is 16.7 Å². The standard InChI is InChI=1S/C20H22N4O3/c1-20(2,3)17-13(21-11-22-17)10-15-19(26)23-14(18(25)24-15)9-12-7-5-6-8-16(12)27-4/h5-11H,1-4H3,(H,21,22)(H,23,26)(H,24,25)/b14-9-,15-10-. The maximum atomic E-state index is 12.5. The van der Waals surface area contributed by atoms with E-state index in [1.807, 2.05) is 32.9 Å². The van der Waals surface area contributed by atoms with Crippen molar-refractivity contribution in [3.63, 3.8) is 0 Å². The van der Waals surface area contributed by atoms with Crippen molar-refractivity contribution in [3.8, 4) is 5.75 Å². The predicted octanol–water partition coefficient (Wildman–Crippen LogP) is 0.750. The molecule has 7 nitrogen and oxygen atoms in total. The van der Waals surface area contributed by atoms with Crippen molar-refractivity contribution in [2.75, 3.05) is 7.11 Å². The third kappa shape index (κ3) is 3.92. The minimum atomic E-state index is -0.404. The number of nitrogens with one attached hydrogen (secondary N) is 3. The van der Waals surface area contributed by atoms with E-state index in [2.05, 4.69) is 19.9 Å². The average Bonchev–Trinajstić information content (AvgIpc) is 3.08. The summed E-state index contributed by atoms with van der Waals surface area (Å²) in [7, 11) is 1.55. The molecule has 3 N–H and O–H groups in total. The van der Waals surface area contributed by atoms with E-state index in [1.165, 1.54) is 0 Å². The Kier molecular flexibility index (Phi) is 4.85. The number of hydrogen-bond acceptors (Lipinski definition) is 4. The molecule has 27 heavy (non-hydrogen) atoms. The third-order valence-electron chi connectivity index (χ3n) is 4.12. The molecule has 0 unspecified atom stereocenters. The Labute approximate surface area is 155 Å². The van der Waals surface area contributed by atoms with Crippen molar-refractivity contribution >= 4 is 12.2 Å². The number of nitrogens with zero attached hydrogens (tertiary/aromatic N) is 1. The van der Waals surface area contributed by atoms with Crippen LogP contribution in [0.4, 0.5) is 0 Å². The van der Waals surface area contributed by atoms with Gasteiger partial charge in [-0.05, 0) is 18.2 Å². The summed E-state index contributed by atoms with van der Waals surface area (Å²) in [6.07, 6.45) is 4.73. The molecule has 0 saturated heterocycles. The van der Waals surface area contributed by atoms with Gasteiger partial charge < -0.3 is 19.7 Å². The summed E-state index contributed by atoms with van der Waals surface area (Å²) in [5.41, 5.74) is 1.21. The van der Waals surface area contributed by atoms with Crippen LogP contribution in [0.25, 0.3) is 12.2 Å². The van der Waals surface area contributed by atoms with Gasteiger partial charge in [0.25, 0.3) is 11.1 Å². The van der Waals surface area contributed by atoms with Crippen molar-refractivity contribution in [2.24, 2.45) is 0 Å². The van der Waals surface area contributed by atoms with Crippen LogP contribution in [0.2, 0.25) is 0 Å². The number of methoxy groups -OCH3 is 1. The summed E-state index contributed by atoms with van der Waals surface area (Å²) >= 11 is 0. The predicted molar refractivity (Wildman–Crippen MR) is 104 cm³/mol. The maximum Gasteiger partial charge on any atom is 0.272 e. The van der Waals surface area contributed by atoms with Crippen LogP contribution >= 0.6 is 0 Å². The topological polar surface area (TPSA) is 104 Å². The molecule has 0 amide bonds. The first kappa shape index (κ1) is 18.4. The third-order valence-corrected chi connectivity index (χ3v) is 4.12. The number of imidazole rings is 1. The SMILES string of the molecule is COc1ccccc1/C=c1\[nH]c(=O)/c(=C/c2nc[nH]c2C(C)(C)C)[nH]c1=O. The molecule has 0 aliphatic rings. The van der Waals surface area contributed by atoms with Gasteiger partial charge in [-0.3, -0.25) is 9.59 Å². The van der Waals surface area contributed by atoms with Gasteiger partial charge in [-0.1, -0.05) is 39.0 Å². The van der Waals surface area contributed by atoms with E-state index in [1.54, 1.807) is 37.7 Å². The van der Waals surface area contributed by atoms with Gasteiger partial charge in [0.1, 0.15) is 16.4 Å². The zero-order valence-electron chi connectivity index (χ0n) is 15.7. The van der Waals surface area contributed by atoms with E-state index >= 15 is 0 Å². The molecule has 0 spiro atoms. The van der Waals surface area contributed by atoms with Crippen molar-refractivity contribution in [3.05, 3.63) is 78.9 Å². The number of rotatable bonds is 3. The minimum absolute atomic E-state index is 0.148. The van der Waals surface area contributed by atoms with E-state index in [9.17, 15) is 9.59 Å². The van der Waals surface area contributed by atoms with E-state index in [0.29, 0.717) is 17.0 Å². The van der Waals surface area contributed by atoms with Crippen LogP contribution in [0, 0.1) is 0 Å². The zero-order chi connectivity index (χ0) is 19.6. The first-order valence-corrected chi connectivity index (χ1v) is 8.52. The fourth-order valence-corrected chi connectivity index (χ4v) is 2.79. The highest BCUT2D eigenvalue weighted by molar-refractivity contribution is 5.56. The first-order chi connectivity index (χ1) is 12.8. The Morgan fingerprint density at radius 1 is 1.00 bits per heavy atom. The lowest BCUT2D eigenvalue weighted by Gasteiger charge is -2.16. The van der Waals surface area contributed by atoms with Crippen molar-refractivity contribution in [1.82, 2.24) is 19.9 Å². The monoisotopic (exact) mass is 366 g/mol. The van der Waals surface area contributed by atoms with Crippen LogP contribution < -0.4 is 26.6 Å². The second-order valence-corrected chi connectivity index (χ2v) is 7.18. The lowest BCUT2D eigenvalue weighted by Crippen LogP contribution is -2.46. The normalized spacial score (nSPS) is 13.2. The van der Waals surface area contributed by atoms with Gasteiger partial charge in [0.05, 0.1) is 19.1 Å². The number of benzene rings is 1. The van der Waals surface area contributed by atoms with Crippen LogP contribution in [0.5, 0.6) is 5.75 Å². The van der Waals surface area contributed by atoms with Crippen LogP contribution in [-0.2, 0) is 5.41 Å². The number of aromatic nitrogens is 4. The second-order valence-electron chi connectivity index (χ2n) is 7.18. The molecule has 0 saturated carbocycles. The molecule has 0 fully saturated rings.